The van der Waals surface area contributed by atoms with Crippen LogP contribution in [0, 0.1) is 5.82 Å². The van der Waals surface area contributed by atoms with Crippen LogP contribution in [-0.4, -0.2) is 10.9 Å². The lowest BCUT2D eigenvalue weighted by Gasteiger charge is -2.21. The molecule has 0 bridgehead atoms. The van der Waals surface area contributed by atoms with Crippen molar-refractivity contribution in [1.82, 2.24) is 4.98 Å². The molecule has 0 fully saturated rings. The first-order chi connectivity index (χ1) is 7.48. The number of nitrogens with zero attached hydrogens (tertiary/aromatic N) is 1. The lowest BCUT2D eigenvalue weighted by molar-refractivity contribution is -0.00608. The fourth-order valence-electron chi connectivity index (χ4n) is 1.65. The molecule has 1 nitrogen and oxygen atoms in total. The summed E-state index contributed by atoms with van der Waals surface area (Å²) in [6, 6.07) is 2.76. The summed E-state index contributed by atoms with van der Waals surface area (Å²) in [6.07, 6.45) is 0.956. The summed E-state index contributed by atoms with van der Waals surface area (Å²) in [7, 11) is 0. The molecular weight excluding hydrogens is 283 g/mol. The highest BCUT2D eigenvalue weighted by Crippen LogP contribution is 2.36. The van der Waals surface area contributed by atoms with Crippen LogP contribution < -0.4 is 0 Å². The van der Waals surface area contributed by atoms with E-state index in [4.69, 9.17) is 0 Å². The van der Waals surface area contributed by atoms with Gasteiger partial charge in [-0.05, 0) is 40.1 Å². The minimum atomic E-state index is -2.66. The zero-order valence-electron chi connectivity index (χ0n) is 8.31. The molecule has 1 aliphatic carbocycles. The van der Waals surface area contributed by atoms with Gasteiger partial charge in [0.15, 0.2) is 0 Å². The minimum absolute atomic E-state index is 0.160. The Labute approximate surface area is 99.5 Å². The summed E-state index contributed by atoms with van der Waals surface area (Å²) in [5, 5.41) is 0. The minimum Gasteiger partial charge on any atom is -0.238 e. The van der Waals surface area contributed by atoms with Crippen molar-refractivity contribution in [3.05, 3.63) is 34.3 Å². The first kappa shape index (κ1) is 11.6. The summed E-state index contributed by atoms with van der Waals surface area (Å²) in [5.74, 6) is -3.13. The molecule has 0 amide bonds. The number of hydrogen-bond acceptors (Lipinski definition) is 1. The van der Waals surface area contributed by atoms with E-state index in [1.165, 1.54) is 18.2 Å². The summed E-state index contributed by atoms with van der Waals surface area (Å²) < 4.78 is 39.7. The third-order valence-electron chi connectivity index (χ3n) is 2.52. The summed E-state index contributed by atoms with van der Waals surface area (Å²) in [4.78, 5) is 3.97. The van der Waals surface area contributed by atoms with Gasteiger partial charge >= 0.3 is 0 Å². The molecule has 16 heavy (non-hydrogen) atoms. The zero-order chi connectivity index (χ0) is 11.8. The van der Waals surface area contributed by atoms with E-state index in [1.54, 1.807) is 0 Å². The highest BCUT2D eigenvalue weighted by Gasteiger charge is 2.31. The van der Waals surface area contributed by atoms with Gasteiger partial charge in [-0.15, -0.1) is 0 Å². The van der Waals surface area contributed by atoms with Crippen molar-refractivity contribution in [1.29, 1.82) is 0 Å². The monoisotopic (exact) mass is 291 g/mol. The summed E-state index contributed by atoms with van der Waals surface area (Å²) in [5.41, 5.74) is 0.731. The third-order valence-corrected chi connectivity index (χ3v) is 2.97. The van der Waals surface area contributed by atoms with Crippen LogP contribution in [0.5, 0.6) is 0 Å². The molecule has 0 radical (unpaired) electrons. The predicted molar refractivity (Wildman–Crippen MR) is 58.7 cm³/mol. The van der Waals surface area contributed by atoms with Crippen molar-refractivity contribution in [2.45, 2.75) is 25.2 Å². The van der Waals surface area contributed by atoms with Gasteiger partial charge in [0.25, 0.3) is 5.92 Å². The molecule has 0 N–H and O–H groups in total. The van der Waals surface area contributed by atoms with Crippen molar-refractivity contribution in [2.24, 2.45) is 0 Å². The molecule has 1 aromatic rings. The van der Waals surface area contributed by atoms with Crippen LogP contribution in [0.4, 0.5) is 13.2 Å². The molecule has 1 heterocycles. The zero-order valence-corrected chi connectivity index (χ0v) is 9.90. The van der Waals surface area contributed by atoms with Gasteiger partial charge in [-0.3, -0.25) is 0 Å². The van der Waals surface area contributed by atoms with Crippen LogP contribution in [0.1, 0.15) is 25.0 Å². The van der Waals surface area contributed by atoms with E-state index in [9.17, 15) is 13.2 Å². The number of allylic oxidation sites excluding steroid dienone is 2. The number of aromatic nitrogens is 1. The SMILES string of the molecule is Fc1ccc(Br)nc1C1=CCC(F)(F)CC1. The van der Waals surface area contributed by atoms with Gasteiger partial charge in [0.05, 0.1) is 0 Å². The Morgan fingerprint density at radius 3 is 2.69 bits per heavy atom. The van der Waals surface area contributed by atoms with Crippen molar-refractivity contribution >= 4 is 21.5 Å². The average Bonchev–Trinajstić information content (AvgIpc) is 2.22. The average molecular weight is 292 g/mol. The second-order valence-electron chi connectivity index (χ2n) is 3.75. The van der Waals surface area contributed by atoms with Gasteiger partial charge in [0.2, 0.25) is 0 Å². The van der Waals surface area contributed by atoms with Crippen LogP contribution >= 0.6 is 15.9 Å². The summed E-state index contributed by atoms with van der Waals surface area (Å²) in [6.45, 7) is 0. The second kappa shape index (κ2) is 4.20. The molecule has 0 aromatic carbocycles. The van der Waals surface area contributed by atoms with Crippen molar-refractivity contribution in [2.75, 3.05) is 0 Å². The maximum absolute atomic E-state index is 13.4. The number of halogens is 4. The number of pyridine rings is 1. The molecule has 0 saturated carbocycles. The van der Waals surface area contributed by atoms with Crippen LogP contribution in [0.15, 0.2) is 22.8 Å². The number of hydrogen-bond donors (Lipinski definition) is 0. The van der Waals surface area contributed by atoms with Crippen LogP contribution in [0.2, 0.25) is 0 Å². The summed E-state index contributed by atoms with van der Waals surface area (Å²) >= 11 is 3.13. The Bertz CT molecular complexity index is 443. The fraction of sp³-hybridized carbons (Fsp3) is 0.364. The maximum Gasteiger partial charge on any atom is 0.251 e. The van der Waals surface area contributed by atoms with E-state index in [0.717, 1.165) is 0 Å². The van der Waals surface area contributed by atoms with Crippen LogP contribution in [0.25, 0.3) is 5.57 Å². The van der Waals surface area contributed by atoms with E-state index >= 15 is 0 Å². The Hall–Kier alpha value is -0.840. The van der Waals surface area contributed by atoms with Gasteiger partial charge < -0.3 is 0 Å². The predicted octanol–water partition coefficient (Wildman–Crippen LogP) is 4.19. The molecule has 1 aromatic heterocycles. The molecular formula is C11H9BrF3N. The third kappa shape index (κ3) is 2.45. The largest absolute Gasteiger partial charge is 0.251 e. The van der Waals surface area contributed by atoms with Gasteiger partial charge in [0.1, 0.15) is 16.1 Å². The quantitative estimate of drug-likeness (QED) is 0.707. The normalized spacial score (nSPS) is 19.4. The van der Waals surface area contributed by atoms with Crippen molar-refractivity contribution in [3.8, 4) is 0 Å². The highest BCUT2D eigenvalue weighted by atomic mass is 79.9. The Morgan fingerprint density at radius 2 is 2.06 bits per heavy atom. The van der Waals surface area contributed by atoms with Gasteiger partial charge in [-0.2, -0.15) is 0 Å². The van der Waals surface area contributed by atoms with Crippen LogP contribution in [0.3, 0.4) is 0 Å². The highest BCUT2D eigenvalue weighted by molar-refractivity contribution is 9.10. The van der Waals surface area contributed by atoms with E-state index in [0.29, 0.717) is 10.2 Å². The smallest absolute Gasteiger partial charge is 0.238 e. The molecule has 86 valence electrons. The first-order valence-corrected chi connectivity index (χ1v) is 5.66. The Morgan fingerprint density at radius 1 is 1.31 bits per heavy atom. The first-order valence-electron chi connectivity index (χ1n) is 4.87. The van der Waals surface area contributed by atoms with Crippen molar-refractivity contribution in [3.63, 3.8) is 0 Å². The number of alkyl halides is 2. The molecule has 0 spiro atoms. The molecule has 0 unspecified atom stereocenters. The molecule has 0 saturated heterocycles. The molecule has 1 aliphatic rings. The topological polar surface area (TPSA) is 12.9 Å². The fourth-order valence-corrected chi connectivity index (χ4v) is 1.96. The Kier molecular flexibility index (Phi) is 3.06. The van der Waals surface area contributed by atoms with Gasteiger partial charge in [0, 0.05) is 12.8 Å². The van der Waals surface area contributed by atoms with E-state index in [2.05, 4.69) is 20.9 Å². The molecule has 2 rings (SSSR count). The second-order valence-corrected chi connectivity index (χ2v) is 4.57. The van der Waals surface area contributed by atoms with E-state index < -0.39 is 11.7 Å². The van der Waals surface area contributed by atoms with Gasteiger partial charge in [-0.1, -0.05) is 6.08 Å². The standard InChI is InChI=1S/C11H9BrF3N/c12-9-2-1-8(13)10(16-9)7-3-5-11(14,15)6-4-7/h1-3H,4-6H2. The molecule has 0 aliphatic heterocycles. The lowest BCUT2D eigenvalue weighted by Crippen LogP contribution is -2.18. The lowest BCUT2D eigenvalue weighted by atomic mass is 9.94. The Balaban J connectivity index is 2.32. The number of rotatable bonds is 1. The molecule has 0 atom stereocenters. The van der Waals surface area contributed by atoms with Gasteiger partial charge in [-0.25, -0.2) is 18.2 Å². The van der Waals surface area contributed by atoms with Crippen molar-refractivity contribution < 1.29 is 13.2 Å². The van der Waals surface area contributed by atoms with E-state index in [-0.39, 0.29) is 25.0 Å². The maximum atomic E-state index is 13.4. The van der Waals surface area contributed by atoms with Crippen LogP contribution in [-0.2, 0) is 0 Å². The molecule has 5 heteroatoms. The van der Waals surface area contributed by atoms with E-state index in [1.807, 2.05) is 0 Å².